The molecule has 0 aliphatic heterocycles. The molecule has 0 aromatic heterocycles. The number of nitro benzene ring substituents is 2. The van der Waals surface area contributed by atoms with Crippen molar-refractivity contribution in [3.63, 3.8) is 0 Å². The van der Waals surface area contributed by atoms with Gasteiger partial charge < -0.3 is 5.32 Å². The Morgan fingerprint density at radius 3 is 1.55 bits per heavy atom. The van der Waals surface area contributed by atoms with Gasteiger partial charge in [0.2, 0.25) is 0 Å². The van der Waals surface area contributed by atoms with Gasteiger partial charge in [-0.05, 0) is 24.3 Å². The summed E-state index contributed by atoms with van der Waals surface area (Å²) in [6.07, 6.45) is -9.86. The van der Waals surface area contributed by atoms with Gasteiger partial charge in [-0.25, -0.2) is 0 Å². The third-order valence-electron chi connectivity index (χ3n) is 3.53. The maximum atomic E-state index is 12.8. The van der Waals surface area contributed by atoms with E-state index < -0.39 is 61.9 Å². The average Bonchev–Trinajstić information content (AvgIpc) is 2.59. The molecule has 1 amide bonds. The van der Waals surface area contributed by atoms with Gasteiger partial charge in [0.1, 0.15) is 0 Å². The minimum atomic E-state index is -5.15. The van der Waals surface area contributed by atoms with E-state index in [-0.39, 0.29) is 12.1 Å². The first-order valence-electron chi connectivity index (χ1n) is 7.24. The molecule has 0 radical (unpaired) electrons. The van der Waals surface area contributed by atoms with Crippen LogP contribution < -0.4 is 5.32 Å². The van der Waals surface area contributed by atoms with E-state index >= 15 is 0 Å². The second-order valence-electron chi connectivity index (χ2n) is 5.43. The SMILES string of the molecule is O=C(Nc1c([N+](=O)[O-])cc(C(F)(F)F)cc1[N+](=O)[O-])c1ccc(C(F)(F)F)cc1. The topological polar surface area (TPSA) is 115 Å². The minimum absolute atomic E-state index is 0.00460. The van der Waals surface area contributed by atoms with E-state index in [2.05, 4.69) is 0 Å². The van der Waals surface area contributed by atoms with Crippen molar-refractivity contribution < 1.29 is 41.0 Å². The summed E-state index contributed by atoms with van der Waals surface area (Å²) in [6.45, 7) is 0. The van der Waals surface area contributed by atoms with Crippen LogP contribution >= 0.6 is 0 Å². The number of anilines is 1. The molecule has 2 rings (SSSR count). The molecule has 0 atom stereocenters. The van der Waals surface area contributed by atoms with E-state index in [1.165, 1.54) is 0 Å². The zero-order valence-electron chi connectivity index (χ0n) is 13.7. The molecule has 2 aromatic rings. The lowest BCUT2D eigenvalue weighted by Gasteiger charge is -2.11. The minimum Gasteiger partial charge on any atom is -0.311 e. The number of nitrogens with one attached hydrogen (secondary N) is 1. The summed E-state index contributed by atoms with van der Waals surface area (Å²) in [5.41, 5.74) is -7.23. The lowest BCUT2D eigenvalue weighted by Crippen LogP contribution is -2.16. The number of nitrogens with zero attached hydrogens (tertiary/aromatic N) is 2. The number of halogens is 6. The summed E-state index contributed by atoms with van der Waals surface area (Å²) < 4.78 is 76.2. The molecular formula is C15H7F6N3O5. The average molecular weight is 423 g/mol. The largest absolute Gasteiger partial charge is 0.416 e. The Labute approximate surface area is 156 Å². The third-order valence-corrected chi connectivity index (χ3v) is 3.53. The van der Waals surface area contributed by atoms with Gasteiger partial charge in [-0.3, -0.25) is 25.0 Å². The molecule has 8 nitrogen and oxygen atoms in total. The van der Waals surface area contributed by atoms with Gasteiger partial charge in [0.05, 0.1) is 21.0 Å². The smallest absolute Gasteiger partial charge is 0.311 e. The van der Waals surface area contributed by atoms with E-state index in [9.17, 15) is 51.4 Å². The van der Waals surface area contributed by atoms with Crippen LogP contribution in [0.15, 0.2) is 36.4 Å². The van der Waals surface area contributed by atoms with Crippen LogP contribution in [0.4, 0.5) is 43.4 Å². The summed E-state index contributed by atoms with van der Waals surface area (Å²) in [6, 6.07) is 2.42. The van der Waals surface area contributed by atoms with Crippen LogP contribution in [0.3, 0.4) is 0 Å². The molecule has 1 N–H and O–H groups in total. The van der Waals surface area contributed by atoms with E-state index in [1.807, 2.05) is 0 Å². The van der Waals surface area contributed by atoms with Gasteiger partial charge in [-0.2, -0.15) is 26.3 Å². The number of hydrogen-bond acceptors (Lipinski definition) is 5. The number of nitro groups is 2. The molecule has 0 saturated carbocycles. The maximum absolute atomic E-state index is 12.8. The molecule has 154 valence electrons. The van der Waals surface area contributed by atoms with Crippen LogP contribution in [-0.4, -0.2) is 15.8 Å². The number of benzene rings is 2. The van der Waals surface area contributed by atoms with Crippen molar-refractivity contribution in [2.45, 2.75) is 12.4 Å². The summed E-state index contributed by atoms with van der Waals surface area (Å²) >= 11 is 0. The Morgan fingerprint density at radius 1 is 0.793 bits per heavy atom. The van der Waals surface area contributed by atoms with Crippen LogP contribution in [0.5, 0.6) is 0 Å². The highest BCUT2D eigenvalue weighted by Crippen LogP contribution is 2.41. The molecule has 2 aromatic carbocycles. The molecule has 0 saturated heterocycles. The van der Waals surface area contributed by atoms with Gasteiger partial charge in [-0.15, -0.1) is 0 Å². The van der Waals surface area contributed by atoms with Crippen molar-refractivity contribution in [2.75, 3.05) is 5.32 Å². The van der Waals surface area contributed by atoms with Gasteiger partial charge in [0.25, 0.3) is 5.91 Å². The maximum Gasteiger partial charge on any atom is 0.416 e. The first-order chi connectivity index (χ1) is 13.2. The zero-order valence-corrected chi connectivity index (χ0v) is 13.7. The number of amides is 1. The molecular weight excluding hydrogens is 416 g/mol. The van der Waals surface area contributed by atoms with Crippen molar-refractivity contribution in [1.29, 1.82) is 0 Å². The molecule has 0 fully saturated rings. The fraction of sp³-hybridized carbons (Fsp3) is 0.133. The highest BCUT2D eigenvalue weighted by molar-refractivity contribution is 6.07. The molecule has 29 heavy (non-hydrogen) atoms. The van der Waals surface area contributed by atoms with Crippen molar-refractivity contribution in [2.24, 2.45) is 0 Å². The normalized spacial score (nSPS) is 11.8. The number of carbonyl (C=O) groups excluding carboxylic acids is 1. The van der Waals surface area contributed by atoms with Crippen LogP contribution in [0.1, 0.15) is 21.5 Å². The zero-order chi connectivity index (χ0) is 22.1. The lowest BCUT2D eigenvalue weighted by atomic mass is 10.1. The summed E-state index contributed by atoms with van der Waals surface area (Å²) in [7, 11) is 0. The lowest BCUT2D eigenvalue weighted by molar-refractivity contribution is -0.392. The van der Waals surface area contributed by atoms with Crippen LogP contribution in [0.25, 0.3) is 0 Å². The van der Waals surface area contributed by atoms with Crippen molar-refractivity contribution in [3.05, 3.63) is 73.3 Å². The van der Waals surface area contributed by atoms with E-state index in [0.29, 0.717) is 24.3 Å². The molecule has 0 spiro atoms. The molecule has 14 heteroatoms. The quantitative estimate of drug-likeness (QED) is 0.431. The second kappa shape index (κ2) is 7.37. The van der Waals surface area contributed by atoms with Crippen molar-refractivity contribution >= 4 is 23.0 Å². The van der Waals surface area contributed by atoms with Crippen molar-refractivity contribution in [1.82, 2.24) is 0 Å². The van der Waals surface area contributed by atoms with Crippen LogP contribution in [0, 0.1) is 20.2 Å². The predicted octanol–water partition coefficient (Wildman–Crippen LogP) is 4.79. The highest BCUT2D eigenvalue weighted by Gasteiger charge is 2.38. The van der Waals surface area contributed by atoms with Gasteiger partial charge in [-0.1, -0.05) is 0 Å². The molecule has 0 aliphatic carbocycles. The summed E-state index contributed by atoms with van der Waals surface area (Å²) in [5, 5.41) is 23.9. The Bertz CT molecular complexity index is 950. The van der Waals surface area contributed by atoms with E-state index in [1.54, 1.807) is 5.32 Å². The number of rotatable bonds is 4. The standard InChI is InChI=1S/C15H7F6N3O5/c16-14(17,18)8-3-1-7(2-4-8)13(25)22-12-10(23(26)27)5-9(15(19,20)21)6-11(12)24(28)29/h1-6H,(H,22,25). The second-order valence-corrected chi connectivity index (χ2v) is 5.43. The highest BCUT2D eigenvalue weighted by atomic mass is 19.4. The van der Waals surface area contributed by atoms with Crippen LogP contribution in [0.2, 0.25) is 0 Å². The van der Waals surface area contributed by atoms with Gasteiger partial charge in [0.15, 0.2) is 5.69 Å². The van der Waals surface area contributed by atoms with Gasteiger partial charge >= 0.3 is 23.7 Å². The fourth-order valence-corrected chi connectivity index (χ4v) is 2.19. The molecule has 0 unspecified atom stereocenters. The number of carbonyl (C=O) groups is 1. The molecule has 0 heterocycles. The number of alkyl halides is 6. The first kappa shape index (κ1) is 21.6. The van der Waals surface area contributed by atoms with E-state index in [0.717, 1.165) is 0 Å². The third kappa shape index (κ3) is 4.77. The number of hydrogen-bond donors (Lipinski definition) is 1. The Balaban J connectivity index is 2.52. The van der Waals surface area contributed by atoms with E-state index in [4.69, 9.17) is 0 Å². The molecule has 0 bridgehead atoms. The Kier molecular flexibility index (Phi) is 5.48. The predicted molar refractivity (Wildman–Crippen MR) is 84.1 cm³/mol. The first-order valence-corrected chi connectivity index (χ1v) is 7.24. The molecule has 0 aliphatic rings. The summed E-state index contributed by atoms with van der Waals surface area (Å²) in [4.78, 5) is 31.6. The van der Waals surface area contributed by atoms with Gasteiger partial charge in [0, 0.05) is 17.7 Å². The Hall–Kier alpha value is -3.71. The fourth-order valence-electron chi connectivity index (χ4n) is 2.19. The van der Waals surface area contributed by atoms with Crippen LogP contribution in [-0.2, 0) is 12.4 Å². The van der Waals surface area contributed by atoms with Crippen molar-refractivity contribution in [3.8, 4) is 0 Å². The monoisotopic (exact) mass is 423 g/mol. The summed E-state index contributed by atoms with van der Waals surface area (Å²) in [5.74, 6) is -1.30. The Morgan fingerprint density at radius 2 is 1.21 bits per heavy atom.